The molecule has 4 rings (SSSR count). The molecule has 0 aliphatic carbocycles. The highest BCUT2D eigenvalue weighted by molar-refractivity contribution is 9.10. The molecule has 4 aromatic rings. The van der Waals surface area contributed by atoms with E-state index in [9.17, 15) is 5.11 Å². The molecular weight excluding hydrogens is 420 g/mol. The van der Waals surface area contributed by atoms with Crippen LogP contribution in [-0.2, 0) is 12.8 Å². The molecular formula is C21H19BrN4O2. The van der Waals surface area contributed by atoms with Gasteiger partial charge in [0.25, 0.3) is 0 Å². The smallest absolute Gasteiger partial charge is 0.137 e. The van der Waals surface area contributed by atoms with Gasteiger partial charge in [-0.15, -0.1) is 0 Å². The van der Waals surface area contributed by atoms with E-state index < -0.39 is 0 Å². The number of nitrogens with zero attached hydrogens (tertiary/aromatic N) is 3. The molecule has 0 saturated heterocycles. The number of rotatable bonds is 6. The van der Waals surface area contributed by atoms with E-state index in [1.54, 1.807) is 19.2 Å². The predicted molar refractivity (Wildman–Crippen MR) is 111 cm³/mol. The highest BCUT2D eigenvalue weighted by Gasteiger charge is 2.16. The Morgan fingerprint density at radius 1 is 1.07 bits per heavy atom. The number of benzene rings is 2. The molecule has 2 N–H and O–H groups in total. The maximum Gasteiger partial charge on any atom is 0.137 e. The molecule has 0 radical (unpaired) electrons. The van der Waals surface area contributed by atoms with Crippen LogP contribution in [0.3, 0.4) is 0 Å². The van der Waals surface area contributed by atoms with E-state index in [1.165, 1.54) is 6.33 Å². The van der Waals surface area contributed by atoms with Crippen molar-refractivity contribution in [3.63, 3.8) is 0 Å². The van der Waals surface area contributed by atoms with Crippen LogP contribution < -0.4 is 4.74 Å². The number of hydrogen-bond acceptors (Lipinski definition) is 4. The fourth-order valence-electron chi connectivity index (χ4n) is 3.27. The minimum absolute atomic E-state index is 0.238. The Morgan fingerprint density at radius 3 is 2.61 bits per heavy atom. The number of aryl methyl sites for hydroxylation is 2. The molecule has 0 spiro atoms. The Labute approximate surface area is 171 Å². The Bertz CT molecular complexity index is 1070. The Kier molecular flexibility index (Phi) is 5.16. The van der Waals surface area contributed by atoms with Gasteiger partial charge in [0.05, 0.1) is 12.8 Å². The largest absolute Gasteiger partial charge is 0.508 e. The quantitative estimate of drug-likeness (QED) is 0.463. The fourth-order valence-corrected chi connectivity index (χ4v) is 3.61. The lowest BCUT2D eigenvalue weighted by Crippen LogP contribution is -2.05. The SMILES string of the molecule is COc1cc(Br)ccc1-c1ccc(CCc2ncn[nH]2)n1-c1ccc(O)cc1. The molecule has 2 aromatic carbocycles. The molecule has 2 aromatic heterocycles. The normalized spacial score (nSPS) is 10.9. The monoisotopic (exact) mass is 438 g/mol. The van der Waals surface area contributed by atoms with E-state index in [-0.39, 0.29) is 5.75 Å². The number of H-pyrrole nitrogens is 1. The fraction of sp³-hybridized carbons (Fsp3) is 0.143. The summed E-state index contributed by atoms with van der Waals surface area (Å²) in [6.45, 7) is 0. The average molecular weight is 439 g/mol. The maximum absolute atomic E-state index is 9.70. The van der Waals surface area contributed by atoms with Gasteiger partial charge < -0.3 is 14.4 Å². The molecule has 0 aliphatic rings. The van der Waals surface area contributed by atoms with Gasteiger partial charge in [-0.2, -0.15) is 5.10 Å². The molecule has 7 heteroatoms. The first kappa shape index (κ1) is 18.3. The number of aromatic nitrogens is 4. The molecule has 0 bridgehead atoms. The van der Waals surface area contributed by atoms with Crippen LogP contribution in [-0.4, -0.2) is 32.0 Å². The first-order chi connectivity index (χ1) is 13.7. The lowest BCUT2D eigenvalue weighted by molar-refractivity contribution is 0.416. The highest BCUT2D eigenvalue weighted by atomic mass is 79.9. The van der Waals surface area contributed by atoms with Gasteiger partial charge in [0.15, 0.2) is 0 Å². The summed E-state index contributed by atoms with van der Waals surface area (Å²) in [4.78, 5) is 4.21. The molecule has 0 fully saturated rings. The predicted octanol–water partition coefficient (Wildman–Crippen LogP) is 4.52. The van der Waals surface area contributed by atoms with Crippen molar-refractivity contribution in [2.24, 2.45) is 0 Å². The third-order valence-corrected chi connectivity index (χ3v) is 5.09. The Balaban J connectivity index is 1.81. The third-order valence-electron chi connectivity index (χ3n) is 4.59. The number of hydrogen-bond donors (Lipinski definition) is 2. The van der Waals surface area contributed by atoms with Gasteiger partial charge in [0.1, 0.15) is 23.7 Å². The first-order valence-electron chi connectivity index (χ1n) is 8.84. The molecule has 0 saturated carbocycles. The van der Waals surface area contributed by atoms with Crippen molar-refractivity contribution in [2.75, 3.05) is 7.11 Å². The number of halogens is 1. The van der Waals surface area contributed by atoms with E-state index in [1.807, 2.05) is 30.3 Å². The standard InChI is InChI=1S/C21H19BrN4O2/c1-28-20-12-14(22)2-9-18(20)19-10-5-16(6-11-21-23-13-24-25-21)26(19)15-3-7-17(27)8-4-15/h2-5,7-10,12-13,27H,6,11H2,1H3,(H,23,24,25). The summed E-state index contributed by atoms with van der Waals surface area (Å²) in [6, 6.07) is 17.4. The van der Waals surface area contributed by atoms with E-state index in [2.05, 4.69) is 47.8 Å². The first-order valence-corrected chi connectivity index (χ1v) is 9.63. The average Bonchev–Trinajstić information content (AvgIpc) is 3.36. The van der Waals surface area contributed by atoms with Crippen molar-refractivity contribution >= 4 is 15.9 Å². The molecule has 2 heterocycles. The summed E-state index contributed by atoms with van der Waals surface area (Å²) >= 11 is 3.50. The third kappa shape index (κ3) is 3.66. The zero-order valence-electron chi connectivity index (χ0n) is 15.3. The van der Waals surface area contributed by atoms with Gasteiger partial charge in [0.2, 0.25) is 0 Å². The van der Waals surface area contributed by atoms with E-state index >= 15 is 0 Å². The number of phenols is 1. The van der Waals surface area contributed by atoms with Crippen LogP contribution in [0.5, 0.6) is 11.5 Å². The maximum atomic E-state index is 9.70. The summed E-state index contributed by atoms with van der Waals surface area (Å²) < 4.78 is 8.75. The van der Waals surface area contributed by atoms with Crippen LogP contribution in [0, 0.1) is 0 Å². The van der Waals surface area contributed by atoms with Crippen LogP contribution in [0.2, 0.25) is 0 Å². The van der Waals surface area contributed by atoms with E-state index in [0.29, 0.717) is 0 Å². The Morgan fingerprint density at radius 2 is 1.89 bits per heavy atom. The van der Waals surface area contributed by atoms with Crippen molar-refractivity contribution in [2.45, 2.75) is 12.8 Å². The number of methoxy groups -OCH3 is 1. The molecule has 0 aliphatic heterocycles. The number of aromatic amines is 1. The number of nitrogens with one attached hydrogen (secondary N) is 1. The lowest BCUT2D eigenvalue weighted by Gasteiger charge is -2.16. The second-order valence-corrected chi connectivity index (χ2v) is 7.25. The van der Waals surface area contributed by atoms with Gasteiger partial charge in [-0.05, 0) is 61.0 Å². The summed E-state index contributed by atoms with van der Waals surface area (Å²) in [6.07, 6.45) is 3.06. The number of phenolic OH excluding ortho intramolecular Hbond substituents is 1. The molecule has 0 atom stereocenters. The second kappa shape index (κ2) is 7.90. The van der Waals surface area contributed by atoms with Crippen molar-refractivity contribution in [3.05, 3.63) is 76.9 Å². The van der Waals surface area contributed by atoms with Gasteiger partial charge in [-0.25, -0.2) is 4.98 Å². The van der Waals surface area contributed by atoms with Crippen LogP contribution in [0.4, 0.5) is 0 Å². The van der Waals surface area contributed by atoms with Gasteiger partial charge in [0, 0.05) is 27.8 Å². The number of ether oxygens (including phenoxy) is 1. The van der Waals surface area contributed by atoms with Crippen LogP contribution >= 0.6 is 15.9 Å². The summed E-state index contributed by atoms with van der Waals surface area (Å²) in [5.41, 5.74) is 4.10. The van der Waals surface area contributed by atoms with Gasteiger partial charge >= 0.3 is 0 Å². The zero-order valence-corrected chi connectivity index (χ0v) is 16.8. The topological polar surface area (TPSA) is 76.0 Å². The zero-order chi connectivity index (χ0) is 19.5. The van der Waals surface area contributed by atoms with Crippen LogP contribution in [0.15, 0.2) is 65.4 Å². The molecule has 142 valence electrons. The van der Waals surface area contributed by atoms with Crippen molar-refractivity contribution in [1.82, 2.24) is 19.7 Å². The molecule has 0 unspecified atom stereocenters. The van der Waals surface area contributed by atoms with E-state index in [4.69, 9.17) is 4.74 Å². The minimum atomic E-state index is 0.238. The summed E-state index contributed by atoms with van der Waals surface area (Å²) in [5.74, 6) is 1.87. The minimum Gasteiger partial charge on any atom is -0.508 e. The lowest BCUT2D eigenvalue weighted by atomic mass is 10.1. The molecule has 6 nitrogen and oxygen atoms in total. The molecule has 0 amide bonds. The summed E-state index contributed by atoms with van der Waals surface area (Å²) in [7, 11) is 1.67. The van der Waals surface area contributed by atoms with Crippen molar-refractivity contribution in [1.29, 1.82) is 0 Å². The van der Waals surface area contributed by atoms with E-state index in [0.717, 1.165) is 51.5 Å². The molecule has 28 heavy (non-hydrogen) atoms. The highest BCUT2D eigenvalue weighted by Crippen LogP contribution is 2.35. The van der Waals surface area contributed by atoms with Gasteiger partial charge in [-0.1, -0.05) is 15.9 Å². The Hall–Kier alpha value is -3.06. The van der Waals surface area contributed by atoms with Crippen LogP contribution in [0.1, 0.15) is 11.5 Å². The number of aromatic hydroxyl groups is 1. The van der Waals surface area contributed by atoms with Gasteiger partial charge in [-0.3, -0.25) is 5.10 Å². The van der Waals surface area contributed by atoms with Crippen LogP contribution in [0.25, 0.3) is 16.9 Å². The second-order valence-electron chi connectivity index (χ2n) is 6.34. The van der Waals surface area contributed by atoms with Crippen molar-refractivity contribution < 1.29 is 9.84 Å². The van der Waals surface area contributed by atoms with Crippen molar-refractivity contribution in [3.8, 4) is 28.4 Å². The summed E-state index contributed by atoms with van der Waals surface area (Å²) in [5, 5.41) is 16.5.